The first kappa shape index (κ1) is 13.7. The van der Waals surface area contributed by atoms with Gasteiger partial charge in [0.15, 0.2) is 6.23 Å². The topological polar surface area (TPSA) is 166 Å². The maximum absolute atomic E-state index is 10.8. The van der Waals surface area contributed by atoms with E-state index in [0.29, 0.717) is 0 Å². The fourth-order valence-electron chi connectivity index (χ4n) is 1.50. The molecule has 1 heterocycles. The average Bonchev–Trinajstić information content (AvgIpc) is 2.29. The van der Waals surface area contributed by atoms with E-state index in [1.165, 1.54) is 0 Å². The first-order valence-corrected chi connectivity index (χ1v) is 4.66. The van der Waals surface area contributed by atoms with Gasteiger partial charge in [-0.3, -0.25) is 0 Å². The van der Waals surface area contributed by atoms with Crippen LogP contribution >= 0.6 is 0 Å². The highest BCUT2D eigenvalue weighted by Crippen LogP contribution is 2.23. The number of hydrogen-bond donors (Lipinski definition) is 5. The van der Waals surface area contributed by atoms with Gasteiger partial charge in [-0.05, 0) is 0 Å². The molecule has 17 heavy (non-hydrogen) atoms. The molecule has 6 N–H and O–H groups in total. The molecule has 0 aromatic carbocycles. The Balaban J connectivity index is 2.91. The Morgan fingerprint density at radius 1 is 1.29 bits per heavy atom. The smallest absolute Gasteiger partial charge is 0.340 e. The third-order valence-electron chi connectivity index (χ3n) is 2.42. The maximum atomic E-state index is 10.8. The van der Waals surface area contributed by atoms with Gasteiger partial charge >= 0.3 is 6.03 Å². The lowest BCUT2D eigenvalue weighted by atomic mass is 9.98. The summed E-state index contributed by atoms with van der Waals surface area (Å²) in [6.07, 6.45) is -8.00. The molecular formula is C7H13N3O7. The minimum Gasteiger partial charge on any atom is -0.394 e. The van der Waals surface area contributed by atoms with Crippen LogP contribution in [0.25, 0.3) is 0 Å². The lowest BCUT2D eigenvalue weighted by Gasteiger charge is -2.41. The molecule has 5 atom stereocenters. The molecule has 0 spiro atoms. The summed E-state index contributed by atoms with van der Waals surface area (Å²) in [5.74, 6) is 0. The molecule has 1 aliphatic rings. The number of nitroso groups, excluding NO2 is 1. The number of carbonyl (C=O) groups is 1. The molecule has 0 radical (unpaired) electrons. The van der Waals surface area contributed by atoms with E-state index < -0.39 is 43.3 Å². The molecule has 10 heteroatoms. The van der Waals surface area contributed by atoms with E-state index in [0.717, 1.165) is 0 Å². The van der Waals surface area contributed by atoms with Gasteiger partial charge in [0.2, 0.25) is 0 Å². The Bertz CT molecular complexity index is 299. The molecule has 2 amide bonds. The fraction of sp³-hybridized carbons (Fsp3) is 0.857. The zero-order valence-electron chi connectivity index (χ0n) is 8.58. The van der Waals surface area contributed by atoms with Crippen molar-refractivity contribution >= 4 is 6.03 Å². The Morgan fingerprint density at radius 3 is 2.29 bits per heavy atom. The fourth-order valence-corrected chi connectivity index (χ4v) is 1.50. The summed E-state index contributed by atoms with van der Waals surface area (Å²) in [7, 11) is 0. The number of carbonyl (C=O) groups excluding carboxylic acids is 1. The number of rotatable bonds is 3. The molecule has 0 aromatic rings. The van der Waals surface area contributed by atoms with E-state index >= 15 is 0 Å². The van der Waals surface area contributed by atoms with Crippen molar-refractivity contribution in [2.45, 2.75) is 30.6 Å². The molecular weight excluding hydrogens is 238 g/mol. The third kappa shape index (κ3) is 2.50. The Kier molecular flexibility index (Phi) is 4.31. The van der Waals surface area contributed by atoms with Crippen molar-refractivity contribution in [3.8, 4) is 0 Å². The summed E-state index contributed by atoms with van der Waals surface area (Å²) >= 11 is 0. The summed E-state index contributed by atoms with van der Waals surface area (Å²) in [6.45, 7) is -0.688. The van der Waals surface area contributed by atoms with Crippen LogP contribution in [0.4, 0.5) is 4.79 Å². The Morgan fingerprint density at radius 2 is 1.88 bits per heavy atom. The van der Waals surface area contributed by atoms with Crippen LogP contribution in [0.15, 0.2) is 5.29 Å². The van der Waals surface area contributed by atoms with Gasteiger partial charge in [-0.1, -0.05) is 0 Å². The number of nitrogens with zero attached hydrogens (tertiary/aromatic N) is 2. The van der Waals surface area contributed by atoms with Gasteiger partial charge in [0.1, 0.15) is 24.4 Å². The molecule has 0 bridgehead atoms. The molecule has 1 rings (SSSR count). The lowest BCUT2D eigenvalue weighted by molar-refractivity contribution is -0.257. The van der Waals surface area contributed by atoms with Crippen LogP contribution < -0.4 is 5.73 Å². The van der Waals surface area contributed by atoms with Crippen LogP contribution in [0.3, 0.4) is 0 Å². The molecule has 1 saturated heterocycles. The minimum atomic E-state index is -1.78. The van der Waals surface area contributed by atoms with Crippen molar-refractivity contribution in [3.05, 3.63) is 4.91 Å². The van der Waals surface area contributed by atoms with Crippen LogP contribution in [0.5, 0.6) is 0 Å². The second-order valence-electron chi connectivity index (χ2n) is 3.48. The van der Waals surface area contributed by atoms with E-state index in [9.17, 15) is 25.0 Å². The van der Waals surface area contributed by atoms with Crippen LogP contribution in [-0.2, 0) is 4.74 Å². The van der Waals surface area contributed by atoms with Gasteiger partial charge in [-0.2, -0.15) is 0 Å². The highest BCUT2D eigenvalue weighted by Gasteiger charge is 2.47. The number of primary amides is 1. The Hall–Kier alpha value is -1.33. The van der Waals surface area contributed by atoms with Crippen LogP contribution in [0, 0.1) is 4.91 Å². The number of hydrogen-bond acceptors (Lipinski definition) is 8. The standard InChI is InChI=1S/C7H13N3O7/c8-7(15)10(9-16)6-5(14)4(13)3(12)2(1-11)17-6/h2-6,11-14H,1H2,(H2,8,15)/t2?,3-,4-,5+,6+/m0/s1. The summed E-state index contributed by atoms with van der Waals surface area (Å²) in [4.78, 5) is 21.2. The normalized spacial score (nSPS) is 37.5. The third-order valence-corrected chi connectivity index (χ3v) is 2.42. The molecule has 1 unspecified atom stereocenters. The van der Waals surface area contributed by atoms with Crippen LogP contribution in [-0.4, -0.2) is 68.7 Å². The molecule has 10 nitrogen and oxygen atoms in total. The van der Waals surface area contributed by atoms with Crippen LogP contribution in [0.2, 0.25) is 0 Å². The summed E-state index contributed by atoms with van der Waals surface area (Å²) in [5.41, 5.74) is 4.80. The second-order valence-corrected chi connectivity index (χ2v) is 3.48. The van der Waals surface area contributed by atoms with Gasteiger partial charge in [-0.25, -0.2) is 4.79 Å². The van der Waals surface area contributed by atoms with Crippen molar-refractivity contribution in [1.82, 2.24) is 5.01 Å². The summed E-state index contributed by atoms with van der Waals surface area (Å²) < 4.78 is 4.87. The van der Waals surface area contributed by atoms with Crippen molar-refractivity contribution in [2.24, 2.45) is 11.0 Å². The zero-order chi connectivity index (χ0) is 13.2. The van der Waals surface area contributed by atoms with Gasteiger partial charge in [0, 0.05) is 0 Å². The predicted octanol–water partition coefficient (Wildman–Crippen LogP) is -3.15. The van der Waals surface area contributed by atoms with Crippen molar-refractivity contribution < 1.29 is 30.0 Å². The zero-order valence-corrected chi connectivity index (χ0v) is 8.58. The van der Waals surface area contributed by atoms with Crippen molar-refractivity contribution in [3.63, 3.8) is 0 Å². The number of amides is 2. The monoisotopic (exact) mass is 251 g/mol. The molecule has 0 aliphatic carbocycles. The van der Waals surface area contributed by atoms with E-state index in [4.69, 9.17) is 15.6 Å². The largest absolute Gasteiger partial charge is 0.394 e. The highest BCUT2D eigenvalue weighted by molar-refractivity contribution is 5.71. The van der Waals surface area contributed by atoms with Crippen molar-refractivity contribution in [1.29, 1.82) is 0 Å². The SMILES string of the molecule is NC(=O)N(N=O)[C@@H]1OC(CO)[C@H](O)[C@H](O)[C@H]1O. The van der Waals surface area contributed by atoms with Gasteiger partial charge in [0.05, 0.1) is 11.9 Å². The van der Waals surface area contributed by atoms with Crippen LogP contribution in [0.1, 0.15) is 0 Å². The summed E-state index contributed by atoms with van der Waals surface area (Å²) in [6, 6.07) is -1.30. The minimum absolute atomic E-state index is 0.0719. The number of nitrogens with two attached hydrogens (primary N) is 1. The first-order chi connectivity index (χ1) is 7.93. The average molecular weight is 251 g/mol. The molecule has 1 aliphatic heterocycles. The molecule has 0 aromatic heterocycles. The maximum Gasteiger partial charge on any atom is 0.340 e. The molecule has 1 fully saturated rings. The number of urea groups is 1. The summed E-state index contributed by atoms with van der Waals surface area (Å²) in [5, 5.41) is 39.5. The van der Waals surface area contributed by atoms with Gasteiger partial charge in [0.25, 0.3) is 0 Å². The van der Waals surface area contributed by atoms with E-state index in [2.05, 4.69) is 5.29 Å². The molecule has 0 saturated carbocycles. The van der Waals surface area contributed by atoms with E-state index in [1.54, 1.807) is 0 Å². The lowest BCUT2D eigenvalue weighted by Crippen LogP contribution is -2.63. The number of aliphatic hydroxyl groups is 4. The van der Waals surface area contributed by atoms with Crippen molar-refractivity contribution in [2.75, 3.05) is 6.61 Å². The quantitative estimate of drug-likeness (QED) is 0.261. The van der Waals surface area contributed by atoms with Gasteiger partial charge < -0.3 is 30.9 Å². The van der Waals surface area contributed by atoms with E-state index in [-0.39, 0.29) is 5.01 Å². The Labute approximate surface area is 95.1 Å². The van der Waals surface area contributed by atoms with Gasteiger partial charge in [-0.15, -0.1) is 9.92 Å². The first-order valence-electron chi connectivity index (χ1n) is 4.66. The highest BCUT2D eigenvalue weighted by atomic mass is 16.6. The second kappa shape index (κ2) is 5.33. The van der Waals surface area contributed by atoms with E-state index in [1.807, 2.05) is 0 Å². The molecule has 98 valence electrons. The number of ether oxygens (including phenoxy) is 1. The number of aliphatic hydroxyl groups excluding tert-OH is 4. The predicted molar refractivity (Wildman–Crippen MR) is 51.0 cm³/mol.